The zero-order valence-electron chi connectivity index (χ0n) is 24.0. The average molecular weight is 533 g/mol. The van der Waals surface area contributed by atoms with E-state index in [2.05, 4.69) is 72.3 Å². The number of hydrogen-bond donors (Lipinski definition) is 1. The number of anilines is 1. The molecule has 0 radical (unpaired) electrons. The number of fused-ring (bicyclic) bond motifs is 1. The third-order valence-electron chi connectivity index (χ3n) is 7.74. The van der Waals surface area contributed by atoms with Crippen molar-refractivity contribution in [1.82, 2.24) is 4.90 Å². The molecule has 210 valence electrons. The van der Waals surface area contributed by atoms with Crippen LogP contribution in [-0.2, 0) is 24.1 Å². The molecule has 0 amide bonds. The number of ether oxygens (including phenoxy) is 3. The van der Waals surface area contributed by atoms with Gasteiger partial charge < -0.3 is 29.1 Å². The van der Waals surface area contributed by atoms with Crippen molar-refractivity contribution >= 4 is 5.69 Å². The highest BCUT2D eigenvalue weighted by atomic mass is 16.5. The Morgan fingerprint density at radius 3 is 2.44 bits per heavy atom. The van der Waals surface area contributed by atoms with Crippen LogP contribution in [0.1, 0.15) is 47.9 Å². The molecule has 0 saturated carbocycles. The molecule has 0 bridgehead atoms. The van der Waals surface area contributed by atoms with Gasteiger partial charge in [0.15, 0.2) is 0 Å². The summed E-state index contributed by atoms with van der Waals surface area (Å²) in [6.45, 7) is 7.27. The summed E-state index contributed by atoms with van der Waals surface area (Å²) in [5.74, 6) is 2.57. The fourth-order valence-corrected chi connectivity index (χ4v) is 5.47. The highest BCUT2D eigenvalue weighted by molar-refractivity contribution is 5.60. The number of rotatable bonds is 14. The van der Waals surface area contributed by atoms with Crippen LogP contribution < -0.4 is 14.4 Å². The van der Waals surface area contributed by atoms with Crippen LogP contribution in [0.4, 0.5) is 5.69 Å². The first-order chi connectivity index (χ1) is 19.0. The minimum Gasteiger partial charge on any atom is -0.508 e. The lowest BCUT2D eigenvalue weighted by Gasteiger charge is -2.32. The minimum atomic E-state index is 0.358. The normalized spacial score (nSPS) is 14.7. The van der Waals surface area contributed by atoms with Gasteiger partial charge in [0, 0.05) is 51.6 Å². The molecule has 0 heterocycles. The van der Waals surface area contributed by atoms with E-state index in [-0.39, 0.29) is 0 Å². The summed E-state index contributed by atoms with van der Waals surface area (Å²) in [4.78, 5) is 4.71. The van der Waals surface area contributed by atoms with E-state index in [1.807, 2.05) is 12.1 Å². The number of hydrogen-bond acceptors (Lipinski definition) is 6. The molecule has 1 aliphatic rings. The Kier molecular flexibility index (Phi) is 10.5. The van der Waals surface area contributed by atoms with Crippen LogP contribution in [0.2, 0.25) is 0 Å². The lowest BCUT2D eigenvalue weighted by atomic mass is 9.79. The first kappa shape index (κ1) is 28.8. The Labute approximate surface area is 234 Å². The summed E-state index contributed by atoms with van der Waals surface area (Å²) < 4.78 is 16.8. The average Bonchev–Trinajstić information content (AvgIpc) is 2.96. The van der Waals surface area contributed by atoms with Crippen molar-refractivity contribution in [3.05, 3.63) is 82.9 Å². The van der Waals surface area contributed by atoms with Crippen LogP contribution >= 0.6 is 0 Å². The number of benzene rings is 3. The van der Waals surface area contributed by atoms with Gasteiger partial charge in [-0.2, -0.15) is 0 Å². The molecule has 0 spiro atoms. The first-order valence-electron chi connectivity index (χ1n) is 14.1. The molecule has 3 aromatic carbocycles. The van der Waals surface area contributed by atoms with E-state index < -0.39 is 0 Å². The maximum atomic E-state index is 9.90. The zero-order chi connectivity index (χ0) is 27.6. The van der Waals surface area contributed by atoms with E-state index in [0.29, 0.717) is 18.3 Å². The number of aromatic hydroxyl groups is 1. The molecular weight excluding hydrogens is 488 g/mol. The number of phenolic OH excluding ortho intramolecular Hbond substituents is 1. The summed E-state index contributed by atoms with van der Waals surface area (Å²) in [7, 11) is 5.59. The largest absolute Gasteiger partial charge is 0.508 e. The molecule has 0 aromatic heterocycles. The number of aryl methyl sites for hydroxylation is 1. The molecule has 1 atom stereocenters. The fourth-order valence-electron chi connectivity index (χ4n) is 5.47. The van der Waals surface area contributed by atoms with Gasteiger partial charge in [-0.3, -0.25) is 0 Å². The van der Waals surface area contributed by atoms with Gasteiger partial charge in [-0.1, -0.05) is 24.3 Å². The molecule has 6 nitrogen and oxygen atoms in total. The maximum Gasteiger partial charge on any atom is 0.120 e. The van der Waals surface area contributed by atoms with Gasteiger partial charge in [0.2, 0.25) is 0 Å². The van der Waals surface area contributed by atoms with Gasteiger partial charge in [-0.05, 0) is 98.2 Å². The van der Waals surface area contributed by atoms with Crippen molar-refractivity contribution in [1.29, 1.82) is 0 Å². The van der Waals surface area contributed by atoms with Gasteiger partial charge in [-0.15, -0.1) is 0 Å². The van der Waals surface area contributed by atoms with E-state index in [1.165, 1.54) is 27.9 Å². The second-order valence-corrected chi connectivity index (χ2v) is 10.5. The standard InChI is InChI=1S/C33H44N2O4/c1-5-35(24-25-7-13-30(14-8-25)39-20-18-34(2)17-6-19-37-3)33-23-31(38-4)15-16-32(33)28-10-9-27-22-29(36)12-11-26(27)21-28/h7-8,11-16,22-23,28,36H,5-6,9-10,17-21,24H2,1-4H3. The van der Waals surface area contributed by atoms with E-state index >= 15 is 0 Å². The number of phenols is 1. The van der Waals surface area contributed by atoms with Crippen LogP contribution in [-0.4, -0.2) is 64.1 Å². The number of methoxy groups -OCH3 is 2. The smallest absolute Gasteiger partial charge is 0.120 e. The van der Waals surface area contributed by atoms with E-state index in [9.17, 15) is 5.11 Å². The molecule has 6 heteroatoms. The van der Waals surface area contributed by atoms with E-state index in [4.69, 9.17) is 14.2 Å². The minimum absolute atomic E-state index is 0.358. The summed E-state index contributed by atoms with van der Waals surface area (Å²) >= 11 is 0. The van der Waals surface area contributed by atoms with Gasteiger partial charge in [-0.25, -0.2) is 0 Å². The summed E-state index contributed by atoms with van der Waals surface area (Å²) in [5, 5.41) is 9.90. The van der Waals surface area contributed by atoms with Crippen LogP contribution in [0.3, 0.4) is 0 Å². The fraction of sp³-hybridized carbons (Fsp3) is 0.455. The van der Waals surface area contributed by atoms with Crippen molar-refractivity contribution in [3.8, 4) is 17.2 Å². The van der Waals surface area contributed by atoms with Crippen molar-refractivity contribution in [2.24, 2.45) is 0 Å². The summed E-state index contributed by atoms with van der Waals surface area (Å²) in [6, 6.07) is 20.8. The summed E-state index contributed by atoms with van der Waals surface area (Å²) in [6.07, 6.45) is 4.07. The van der Waals surface area contributed by atoms with Crippen molar-refractivity contribution in [2.75, 3.05) is 59.0 Å². The van der Waals surface area contributed by atoms with Gasteiger partial charge in [0.25, 0.3) is 0 Å². The monoisotopic (exact) mass is 532 g/mol. The Bertz CT molecular complexity index is 1180. The first-order valence-corrected chi connectivity index (χ1v) is 14.1. The number of likely N-dealkylation sites (N-methyl/N-ethyl adjacent to an activating group) is 1. The van der Waals surface area contributed by atoms with Crippen molar-refractivity contribution in [2.45, 2.75) is 45.1 Å². The summed E-state index contributed by atoms with van der Waals surface area (Å²) in [5.41, 5.74) is 6.46. The van der Waals surface area contributed by atoms with Crippen LogP contribution in [0, 0.1) is 0 Å². The van der Waals surface area contributed by atoms with Crippen LogP contribution in [0.25, 0.3) is 0 Å². The maximum absolute atomic E-state index is 9.90. The molecule has 3 aromatic rings. The van der Waals surface area contributed by atoms with Crippen molar-refractivity contribution < 1.29 is 19.3 Å². The molecule has 0 fully saturated rings. The quantitative estimate of drug-likeness (QED) is 0.255. The topological polar surface area (TPSA) is 54.4 Å². The SMILES string of the molecule is CCN(Cc1ccc(OCCN(C)CCCOC)cc1)c1cc(OC)ccc1C1CCc2cc(O)ccc2C1. The van der Waals surface area contributed by atoms with Gasteiger partial charge in [0.05, 0.1) is 7.11 Å². The third kappa shape index (κ3) is 7.90. The molecule has 4 rings (SSSR count). The zero-order valence-corrected chi connectivity index (χ0v) is 24.0. The highest BCUT2D eigenvalue weighted by Gasteiger charge is 2.24. The molecule has 1 aliphatic carbocycles. The van der Waals surface area contributed by atoms with E-state index in [1.54, 1.807) is 14.2 Å². The van der Waals surface area contributed by atoms with Gasteiger partial charge >= 0.3 is 0 Å². The van der Waals surface area contributed by atoms with Crippen LogP contribution in [0.5, 0.6) is 17.2 Å². The Balaban J connectivity index is 1.42. The highest BCUT2D eigenvalue weighted by Crippen LogP contribution is 2.40. The molecule has 0 saturated heterocycles. The van der Waals surface area contributed by atoms with E-state index in [0.717, 1.165) is 70.0 Å². The predicted octanol–water partition coefficient (Wildman–Crippen LogP) is 6.05. The third-order valence-corrected chi connectivity index (χ3v) is 7.74. The predicted molar refractivity (Wildman–Crippen MR) is 159 cm³/mol. The molecule has 1 N–H and O–H groups in total. The molecular formula is C33H44N2O4. The van der Waals surface area contributed by atoms with Gasteiger partial charge in [0.1, 0.15) is 23.9 Å². The Hall–Kier alpha value is -3.22. The molecule has 39 heavy (non-hydrogen) atoms. The molecule has 0 aliphatic heterocycles. The van der Waals surface area contributed by atoms with Crippen LogP contribution in [0.15, 0.2) is 60.7 Å². The van der Waals surface area contributed by atoms with Crippen molar-refractivity contribution in [3.63, 3.8) is 0 Å². The second-order valence-electron chi connectivity index (χ2n) is 10.5. The number of nitrogens with zero attached hydrogens (tertiary/aromatic N) is 2. The molecule has 1 unspecified atom stereocenters. The lowest BCUT2D eigenvalue weighted by molar-refractivity contribution is 0.172. The lowest BCUT2D eigenvalue weighted by Crippen LogP contribution is -2.26. The Morgan fingerprint density at radius 1 is 0.897 bits per heavy atom. The second kappa shape index (κ2) is 14.2. The Morgan fingerprint density at radius 2 is 1.69 bits per heavy atom.